The lowest BCUT2D eigenvalue weighted by atomic mass is 10.3. The molecular weight excluding hydrogens is 314 g/mol. The lowest BCUT2D eigenvalue weighted by molar-refractivity contribution is -0.127. The van der Waals surface area contributed by atoms with Gasteiger partial charge in [0.05, 0.1) is 7.11 Å². The molecule has 24 heavy (non-hydrogen) atoms. The van der Waals surface area contributed by atoms with Gasteiger partial charge in [-0.05, 0) is 26.0 Å². The van der Waals surface area contributed by atoms with E-state index >= 15 is 0 Å². The van der Waals surface area contributed by atoms with Crippen LogP contribution >= 0.6 is 0 Å². The Morgan fingerprint density at radius 3 is 2.62 bits per heavy atom. The van der Waals surface area contributed by atoms with Crippen molar-refractivity contribution in [3.63, 3.8) is 0 Å². The monoisotopic (exact) mass is 333 g/mol. The maximum Gasteiger partial charge on any atom is 0.258 e. The summed E-state index contributed by atoms with van der Waals surface area (Å²) in [5, 5.41) is 8.73. The predicted molar refractivity (Wildman–Crippen MR) is 86.0 cm³/mol. The maximum atomic E-state index is 12.0. The summed E-state index contributed by atoms with van der Waals surface area (Å²) in [5.74, 6) is 1.01. The molecule has 1 aromatic heterocycles. The quantitative estimate of drug-likeness (QED) is 0.796. The highest BCUT2D eigenvalue weighted by molar-refractivity contribution is 5.96. The number of benzene rings is 1. The van der Waals surface area contributed by atoms with Crippen LogP contribution in [0.2, 0.25) is 0 Å². The molecule has 1 heterocycles. The Bertz CT molecular complexity index is 713. The molecule has 0 aliphatic heterocycles. The van der Waals surface area contributed by atoms with Crippen molar-refractivity contribution in [3.8, 4) is 11.5 Å². The number of aromatic nitrogens is 1. The number of carbonyl (C=O) groups is 2. The van der Waals surface area contributed by atoms with Gasteiger partial charge in [-0.25, -0.2) is 0 Å². The van der Waals surface area contributed by atoms with Crippen molar-refractivity contribution < 1.29 is 23.6 Å². The first-order valence-corrected chi connectivity index (χ1v) is 7.29. The van der Waals surface area contributed by atoms with Gasteiger partial charge in [0.15, 0.2) is 23.9 Å². The Morgan fingerprint density at radius 1 is 1.29 bits per heavy atom. The summed E-state index contributed by atoms with van der Waals surface area (Å²) >= 11 is 0. The van der Waals surface area contributed by atoms with Crippen LogP contribution in [0, 0.1) is 6.92 Å². The summed E-state index contributed by atoms with van der Waals surface area (Å²) in [7, 11) is 1.51. The molecule has 2 N–H and O–H groups in total. The van der Waals surface area contributed by atoms with E-state index in [1.54, 1.807) is 44.2 Å². The van der Waals surface area contributed by atoms with Gasteiger partial charge in [0, 0.05) is 6.07 Å². The number of hydrogen-bond acceptors (Lipinski definition) is 6. The van der Waals surface area contributed by atoms with Gasteiger partial charge in [-0.15, -0.1) is 0 Å². The van der Waals surface area contributed by atoms with Gasteiger partial charge in [-0.3, -0.25) is 9.59 Å². The van der Waals surface area contributed by atoms with E-state index in [-0.39, 0.29) is 6.61 Å². The molecule has 2 amide bonds. The minimum Gasteiger partial charge on any atom is -0.493 e. The van der Waals surface area contributed by atoms with E-state index in [1.807, 2.05) is 0 Å². The van der Waals surface area contributed by atoms with Crippen LogP contribution in [-0.2, 0) is 9.59 Å². The molecule has 0 saturated carbocycles. The first kappa shape index (κ1) is 17.3. The second kappa shape index (κ2) is 8.00. The normalized spacial score (nSPS) is 11.5. The number of nitrogens with one attached hydrogen (secondary N) is 2. The van der Waals surface area contributed by atoms with Crippen LogP contribution in [-0.4, -0.2) is 36.7 Å². The molecule has 8 nitrogen and oxygen atoms in total. The smallest absolute Gasteiger partial charge is 0.258 e. The number of ether oxygens (including phenoxy) is 2. The Hall–Kier alpha value is -3.03. The Kier molecular flexibility index (Phi) is 5.78. The van der Waals surface area contributed by atoms with Crippen molar-refractivity contribution >= 4 is 17.6 Å². The Morgan fingerprint density at radius 2 is 2.00 bits per heavy atom. The van der Waals surface area contributed by atoms with Crippen molar-refractivity contribution in [1.82, 2.24) is 10.5 Å². The van der Waals surface area contributed by atoms with E-state index in [0.717, 1.165) is 0 Å². The number of aryl methyl sites for hydroxylation is 1. The summed E-state index contributed by atoms with van der Waals surface area (Å²) in [4.78, 5) is 23.9. The molecule has 1 atom stereocenters. The first-order valence-electron chi connectivity index (χ1n) is 7.29. The molecule has 0 saturated heterocycles. The third kappa shape index (κ3) is 4.73. The number of amides is 2. The molecule has 0 fully saturated rings. The van der Waals surface area contributed by atoms with Gasteiger partial charge in [-0.1, -0.05) is 17.3 Å². The van der Waals surface area contributed by atoms with Crippen molar-refractivity contribution in [2.45, 2.75) is 19.9 Å². The fourth-order valence-electron chi connectivity index (χ4n) is 1.89. The first-order chi connectivity index (χ1) is 11.5. The van der Waals surface area contributed by atoms with E-state index < -0.39 is 17.9 Å². The average Bonchev–Trinajstić information content (AvgIpc) is 2.98. The molecule has 0 bridgehead atoms. The van der Waals surface area contributed by atoms with Crippen LogP contribution in [0.4, 0.5) is 5.82 Å². The lowest BCUT2D eigenvalue weighted by Crippen LogP contribution is -2.43. The molecule has 128 valence electrons. The zero-order valence-corrected chi connectivity index (χ0v) is 13.7. The number of hydrogen-bond donors (Lipinski definition) is 2. The second-order valence-corrected chi connectivity index (χ2v) is 5.04. The van der Waals surface area contributed by atoms with Crippen molar-refractivity contribution in [2.75, 3.05) is 19.0 Å². The van der Waals surface area contributed by atoms with Crippen LogP contribution in [0.25, 0.3) is 0 Å². The number of para-hydroxylation sites is 2. The SMILES string of the molecule is COc1ccccc1OCC(=O)N[C@@H](C)C(=O)Nc1cc(C)on1. The lowest BCUT2D eigenvalue weighted by Gasteiger charge is -2.14. The van der Waals surface area contributed by atoms with E-state index in [9.17, 15) is 9.59 Å². The average molecular weight is 333 g/mol. The van der Waals surface area contributed by atoms with Gasteiger partial charge >= 0.3 is 0 Å². The fourth-order valence-corrected chi connectivity index (χ4v) is 1.89. The van der Waals surface area contributed by atoms with E-state index in [0.29, 0.717) is 23.1 Å². The number of nitrogens with zero attached hydrogens (tertiary/aromatic N) is 1. The molecule has 0 radical (unpaired) electrons. The van der Waals surface area contributed by atoms with Crippen LogP contribution in [0.1, 0.15) is 12.7 Å². The molecule has 1 aromatic carbocycles. The zero-order chi connectivity index (χ0) is 17.5. The Labute approximate surface area is 139 Å². The number of carbonyl (C=O) groups excluding carboxylic acids is 2. The van der Waals surface area contributed by atoms with E-state index in [2.05, 4.69) is 15.8 Å². The second-order valence-electron chi connectivity index (χ2n) is 5.04. The minimum atomic E-state index is -0.754. The number of methoxy groups -OCH3 is 1. The predicted octanol–water partition coefficient (Wildman–Crippen LogP) is 1.51. The number of rotatable bonds is 7. The van der Waals surface area contributed by atoms with Crippen LogP contribution in [0.3, 0.4) is 0 Å². The summed E-state index contributed by atoms with van der Waals surface area (Å²) in [6.07, 6.45) is 0. The summed E-state index contributed by atoms with van der Waals surface area (Å²) in [5.41, 5.74) is 0. The standard InChI is InChI=1S/C16H19N3O5/c1-10-8-14(19-24-10)18-16(21)11(2)17-15(20)9-23-13-7-5-4-6-12(13)22-3/h4-8,11H,9H2,1-3H3,(H,17,20)(H,18,19,21)/t11-/m0/s1. The summed E-state index contributed by atoms with van der Waals surface area (Å²) < 4.78 is 15.4. The van der Waals surface area contributed by atoms with Crippen LogP contribution < -0.4 is 20.1 Å². The van der Waals surface area contributed by atoms with Crippen molar-refractivity contribution in [1.29, 1.82) is 0 Å². The van der Waals surface area contributed by atoms with Crippen LogP contribution in [0.5, 0.6) is 11.5 Å². The third-order valence-electron chi connectivity index (χ3n) is 3.08. The molecule has 0 unspecified atom stereocenters. The topological polar surface area (TPSA) is 103 Å². The molecule has 0 aliphatic carbocycles. The van der Waals surface area contributed by atoms with Gasteiger partial charge in [0.1, 0.15) is 11.8 Å². The highest BCUT2D eigenvalue weighted by Gasteiger charge is 2.17. The largest absolute Gasteiger partial charge is 0.493 e. The minimum absolute atomic E-state index is 0.235. The van der Waals surface area contributed by atoms with E-state index in [1.165, 1.54) is 7.11 Å². The Balaban J connectivity index is 1.81. The third-order valence-corrected chi connectivity index (χ3v) is 3.08. The zero-order valence-electron chi connectivity index (χ0n) is 13.7. The summed E-state index contributed by atoms with van der Waals surface area (Å²) in [6, 6.07) is 7.81. The van der Waals surface area contributed by atoms with Gasteiger partial charge in [0.25, 0.3) is 5.91 Å². The summed E-state index contributed by atoms with van der Waals surface area (Å²) in [6.45, 7) is 3.04. The van der Waals surface area contributed by atoms with Gasteiger partial charge < -0.3 is 24.6 Å². The fraction of sp³-hybridized carbons (Fsp3) is 0.312. The molecule has 2 aromatic rings. The molecule has 0 spiro atoms. The van der Waals surface area contributed by atoms with Gasteiger partial charge in [-0.2, -0.15) is 0 Å². The van der Waals surface area contributed by atoms with Crippen molar-refractivity contribution in [2.24, 2.45) is 0 Å². The molecular formula is C16H19N3O5. The molecule has 0 aliphatic rings. The highest BCUT2D eigenvalue weighted by Crippen LogP contribution is 2.25. The maximum absolute atomic E-state index is 12.0. The number of anilines is 1. The van der Waals surface area contributed by atoms with E-state index in [4.69, 9.17) is 14.0 Å². The molecule has 8 heteroatoms. The highest BCUT2D eigenvalue weighted by atomic mass is 16.5. The van der Waals surface area contributed by atoms with Crippen LogP contribution in [0.15, 0.2) is 34.9 Å². The van der Waals surface area contributed by atoms with Gasteiger partial charge in [0.2, 0.25) is 5.91 Å². The molecule has 2 rings (SSSR count). The van der Waals surface area contributed by atoms with Crippen molar-refractivity contribution in [3.05, 3.63) is 36.1 Å².